The molecule has 2 N–H and O–H groups in total. The standard InChI is InChI=1S/C22H25F3N4O3S/c23-17-12-19(25)18(24)10-13(17)11-20(26)14-8-15-2-3-16(9-14)29(15)21(30)4-7-33(31,32)22-27-5-1-6-28-22/h1,5-6,10,12,14-16,20H,2-4,7-9,11,26H2. The molecule has 7 nitrogen and oxygen atoms in total. The second kappa shape index (κ2) is 9.38. The largest absolute Gasteiger partial charge is 0.337 e. The van der Waals surface area contributed by atoms with E-state index in [0.29, 0.717) is 18.9 Å². The third-order valence-corrected chi connectivity index (χ3v) is 8.12. The second-order valence-corrected chi connectivity index (χ2v) is 10.7. The van der Waals surface area contributed by atoms with Gasteiger partial charge >= 0.3 is 0 Å². The number of hydrogen-bond donors (Lipinski definition) is 1. The molecular weight excluding hydrogens is 457 g/mol. The van der Waals surface area contributed by atoms with Crippen LogP contribution in [-0.2, 0) is 21.1 Å². The van der Waals surface area contributed by atoms with Crippen molar-refractivity contribution < 1.29 is 26.4 Å². The normalized spacial score (nSPS) is 23.5. The van der Waals surface area contributed by atoms with Crippen LogP contribution in [0.3, 0.4) is 0 Å². The molecule has 2 aliphatic heterocycles. The van der Waals surface area contributed by atoms with Crippen LogP contribution in [0.2, 0.25) is 0 Å². The maximum Gasteiger partial charge on any atom is 0.247 e. The van der Waals surface area contributed by atoms with E-state index >= 15 is 0 Å². The van der Waals surface area contributed by atoms with Gasteiger partial charge in [-0.2, -0.15) is 0 Å². The van der Waals surface area contributed by atoms with Crippen LogP contribution in [0.15, 0.2) is 35.7 Å². The number of carbonyl (C=O) groups excluding carboxylic acids is 1. The van der Waals surface area contributed by atoms with Crippen LogP contribution >= 0.6 is 0 Å². The Bertz CT molecular complexity index is 1120. The van der Waals surface area contributed by atoms with Crippen molar-refractivity contribution in [2.24, 2.45) is 11.7 Å². The number of benzene rings is 1. The first-order valence-electron chi connectivity index (χ1n) is 10.9. The van der Waals surface area contributed by atoms with E-state index in [1.165, 1.54) is 18.5 Å². The van der Waals surface area contributed by atoms with E-state index in [0.717, 1.165) is 18.9 Å². The average molecular weight is 483 g/mol. The number of halogens is 3. The minimum atomic E-state index is -3.76. The number of carbonyl (C=O) groups is 1. The maximum atomic E-state index is 14.0. The number of nitrogens with two attached hydrogens (primary N) is 1. The Hall–Kier alpha value is -2.53. The molecule has 178 valence electrons. The fourth-order valence-electron chi connectivity index (χ4n) is 5.00. The number of rotatable bonds is 7. The lowest BCUT2D eigenvalue weighted by Crippen LogP contribution is -2.50. The van der Waals surface area contributed by atoms with Crippen LogP contribution in [0.1, 0.15) is 37.7 Å². The van der Waals surface area contributed by atoms with Gasteiger partial charge in [-0.1, -0.05) is 0 Å². The third kappa shape index (κ3) is 5.03. The van der Waals surface area contributed by atoms with Gasteiger partial charge < -0.3 is 10.6 Å². The Labute approximate surface area is 190 Å². The fraction of sp³-hybridized carbons (Fsp3) is 0.500. The first-order valence-corrected chi connectivity index (χ1v) is 12.5. The first-order chi connectivity index (χ1) is 15.7. The minimum Gasteiger partial charge on any atom is -0.337 e. The predicted molar refractivity (Wildman–Crippen MR) is 113 cm³/mol. The molecule has 0 radical (unpaired) electrons. The average Bonchev–Trinajstić information content (AvgIpc) is 3.05. The van der Waals surface area contributed by atoms with Crippen molar-refractivity contribution in [3.8, 4) is 0 Å². The molecule has 2 aromatic rings. The van der Waals surface area contributed by atoms with E-state index < -0.39 is 33.3 Å². The molecule has 2 saturated heterocycles. The molecule has 3 atom stereocenters. The summed E-state index contributed by atoms with van der Waals surface area (Å²) in [4.78, 5) is 22.2. The summed E-state index contributed by atoms with van der Waals surface area (Å²) < 4.78 is 65.5. The Kier molecular flexibility index (Phi) is 6.71. The highest BCUT2D eigenvalue weighted by molar-refractivity contribution is 7.91. The van der Waals surface area contributed by atoms with Gasteiger partial charge in [-0.05, 0) is 55.7 Å². The molecule has 1 aromatic carbocycles. The molecule has 1 aromatic heterocycles. The van der Waals surface area contributed by atoms with Gasteiger partial charge in [0, 0.05) is 43.0 Å². The summed E-state index contributed by atoms with van der Waals surface area (Å²) in [7, 11) is -3.76. The number of nitrogens with zero attached hydrogens (tertiary/aromatic N) is 3. The molecule has 0 aliphatic carbocycles. The van der Waals surface area contributed by atoms with Gasteiger partial charge in [-0.3, -0.25) is 4.79 Å². The van der Waals surface area contributed by atoms with Crippen molar-refractivity contribution in [2.45, 2.75) is 61.8 Å². The molecule has 0 spiro atoms. The van der Waals surface area contributed by atoms with Gasteiger partial charge in [-0.25, -0.2) is 31.6 Å². The predicted octanol–water partition coefficient (Wildman–Crippen LogP) is 2.40. The number of aromatic nitrogens is 2. The highest BCUT2D eigenvalue weighted by Crippen LogP contribution is 2.40. The van der Waals surface area contributed by atoms with Crippen LogP contribution in [0.4, 0.5) is 13.2 Å². The smallest absolute Gasteiger partial charge is 0.247 e. The molecule has 0 saturated carbocycles. The zero-order valence-electron chi connectivity index (χ0n) is 17.8. The van der Waals surface area contributed by atoms with Crippen molar-refractivity contribution in [1.29, 1.82) is 0 Å². The van der Waals surface area contributed by atoms with Crippen LogP contribution in [0, 0.1) is 23.4 Å². The van der Waals surface area contributed by atoms with E-state index in [1.54, 1.807) is 4.90 Å². The zero-order valence-corrected chi connectivity index (χ0v) is 18.6. The lowest BCUT2D eigenvalue weighted by molar-refractivity contribution is -0.136. The quantitative estimate of drug-likeness (QED) is 0.480. The summed E-state index contributed by atoms with van der Waals surface area (Å²) in [6.45, 7) is 0. The van der Waals surface area contributed by atoms with Crippen LogP contribution in [0.5, 0.6) is 0 Å². The maximum absolute atomic E-state index is 14.0. The van der Waals surface area contributed by atoms with Crippen molar-refractivity contribution in [3.63, 3.8) is 0 Å². The Balaban J connectivity index is 1.37. The van der Waals surface area contributed by atoms with Gasteiger partial charge in [0.05, 0.1) is 5.75 Å². The van der Waals surface area contributed by atoms with Gasteiger partial charge in [0.2, 0.25) is 20.9 Å². The van der Waals surface area contributed by atoms with Crippen molar-refractivity contribution >= 4 is 15.7 Å². The van der Waals surface area contributed by atoms with Gasteiger partial charge in [0.1, 0.15) is 5.82 Å². The van der Waals surface area contributed by atoms with Gasteiger partial charge in [0.25, 0.3) is 0 Å². The zero-order chi connectivity index (χ0) is 23.8. The highest BCUT2D eigenvalue weighted by atomic mass is 32.2. The number of piperidine rings is 1. The number of sulfone groups is 1. The number of amides is 1. The number of hydrogen-bond acceptors (Lipinski definition) is 6. The van der Waals surface area contributed by atoms with Crippen molar-refractivity contribution in [1.82, 2.24) is 14.9 Å². The van der Waals surface area contributed by atoms with E-state index in [2.05, 4.69) is 9.97 Å². The summed E-state index contributed by atoms with van der Waals surface area (Å²) in [5.74, 6) is -3.81. The topological polar surface area (TPSA) is 106 Å². The first kappa shape index (κ1) is 23.6. The highest BCUT2D eigenvalue weighted by Gasteiger charge is 2.44. The Morgan fingerprint density at radius 1 is 1.06 bits per heavy atom. The monoisotopic (exact) mass is 482 g/mol. The minimum absolute atomic E-state index is 0.0134. The van der Waals surface area contributed by atoms with E-state index in [9.17, 15) is 26.4 Å². The van der Waals surface area contributed by atoms with Crippen LogP contribution in [0.25, 0.3) is 0 Å². The molecule has 4 rings (SSSR count). The summed E-state index contributed by atoms with van der Waals surface area (Å²) in [5.41, 5.74) is 6.34. The Morgan fingerprint density at radius 3 is 2.30 bits per heavy atom. The van der Waals surface area contributed by atoms with Crippen molar-refractivity contribution in [3.05, 3.63) is 53.6 Å². The molecule has 3 unspecified atom stereocenters. The van der Waals surface area contributed by atoms with E-state index in [1.807, 2.05) is 0 Å². The molecule has 3 heterocycles. The van der Waals surface area contributed by atoms with Gasteiger partial charge in [0.15, 0.2) is 11.6 Å². The summed E-state index contributed by atoms with van der Waals surface area (Å²) in [5, 5.41) is -0.296. The molecule has 2 aliphatic rings. The molecule has 1 amide bonds. The number of fused-ring (bicyclic) bond motifs is 2. The summed E-state index contributed by atoms with van der Waals surface area (Å²) in [6, 6.07) is 2.26. The molecular formula is C22H25F3N4O3S. The molecule has 2 fully saturated rings. The second-order valence-electron chi connectivity index (χ2n) is 8.74. The lowest BCUT2D eigenvalue weighted by atomic mass is 9.82. The van der Waals surface area contributed by atoms with Crippen molar-refractivity contribution in [2.75, 3.05) is 5.75 Å². The molecule has 2 bridgehead atoms. The van der Waals surface area contributed by atoms with Crippen LogP contribution in [-0.4, -0.2) is 53.1 Å². The van der Waals surface area contributed by atoms with E-state index in [-0.39, 0.29) is 53.2 Å². The summed E-state index contributed by atoms with van der Waals surface area (Å²) in [6.07, 6.45) is 5.35. The fourth-order valence-corrected chi connectivity index (χ4v) is 6.07. The Morgan fingerprint density at radius 2 is 1.67 bits per heavy atom. The SMILES string of the molecule is NC(Cc1cc(F)c(F)cc1F)C1CC2CCC(C1)N2C(=O)CCS(=O)(=O)c1ncccn1. The third-order valence-electron chi connectivity index (χ3n) is 6.61. The van der Waals surface area contributed by atoms with Crippen LogP contribution < -0.4 is 5.73 Å². The lowest BCUT2D eigenvalue weighted by Gasteiger charge is -2.41. The van der Waals surface area contributed by atoms with E-state index in [4.69, 9.17) is 5.73 Å². The summed E-state index contributed by atoms with van der Waals surface area (Å²) >= 11 is 0. The molecule has 11 heteroatoms. The molecule has 33 heavy (non-hydrogen) atoms. The van der Waals surface area contributed by atoms with Gasteiger partial charge in [-0.15, -0.1) is 0 Å².